The SMILES string of the molecule is COc1ccc(OCc2nc(C(=O)O)c3ccc(C)cn23)cc1. The summed E-state index contributed by atoms with van der Waals surface area (Å²) in [6.45, 7) is 2.11. The molecule has 0 aliphatic carbocycles. The molecule has 118 valence electrons. The smallest absolute Gasteiger partial charge is 0.356 e. The third-order valence-electron chi connectivity index (χ3n) is 3.49. The number of aromatic carboxylic acids is 1. The number of fused-ring (bicyclic) bond motifs is 1. The van der Waals surface area contributed by atoms with Gasteiger partial charge in [0, 0.05) is 6.20 Å². The second-order valence-corrected chi connectivity index (χ2v) is 5.11. The second-order valence-electron chi connectivity index (χ2n) is 5.11. The maximum atomic E-state index is 11.3. The molecule has 3 rings (SSSR count). The van der Waals surface area contributed by atoms with Gasteiger partial charge in [0.1, 0.15) is 18.1 Å². The fourth-order valence-corrected chi connectivity index (χ4v) is 2.33. The van der Waals surface area contributed by atoms with E-state index in [1.807, 2.05) is 19.2 Å². The maximum Gasteiger partial charge on any atom is 0.356 e. The number of hydrogen-bond acceptors (Lipinski definition) is 4. The number of rotatable bonds is 5. The van der Waals surface area contributed by atoms with Gasteiger partial charge in [0.2, 0.25) is 0 Å². The van der Waals surface area contributed by atoms with Crippen molar-refractivity contribution in [2.24, 2.45) is 0 Å². The van der Waals surface area contributed by atoms with Gasteiger partial charge in [-0.2, -0.15) is 0 Å². The molecule has 2 aromatic heterocycles. The first-order chi connectivity index (χ1) is 11.1. The number of aryl methyl sites for hydroxylation is 1. The molecule has 0 saturated heterocycles. The normalized spacial score (nSPS) is 10.7. The van der Waals surface area contributed by atoms with E-state index in [1.165, 1.54) is 0 Å². The number of hydrogen-bond donors (Lipinski definition) is 1. The van der Waals surface area contributed by atoms with Gasteiger partial charge in [-0.05, 0) is 42.8 Å². The average molecular weight is 312 g/mol. The molecule has 0 amide bonds. The number of methoxy groups -OCH3 is 1. The summed E-state index contributed by atoms with van der Waals surface area (Å²) < 4.78 is 12.5. The highest BCUT2D eigenvalue weighted by molar-refractivity contribution is 5.93. The van der Waals surface area contributed by atoms with Gasteiger partial charge in [-0.1, -0.05) is 6.07 Å². The molecule has 6 nitrogen and oxygen atoms in total. The molecule has 0 unspecified atom stereocenters. The van der Waals surface area contributed by atoms with E-state index in [1.54, 1.807) is 41.8 Å². The van der Waals surface area contributed by atoms with Crippen molar-refractivity contribution in [1.29, 1.82) is 0 Å². The van der Waals surface area contributed by atoms with Crippen molar-refractivity contribution in [3.63, 3.8) is 0 Å². The largest absolute Gasteiger partial charge is 0.497 e. The zero-order chi connectivity index (χ0) is 16.4. The van der Waals surface area contributed by atoms with Gasteiger partial charge in [-0.3, -0.25) is 4.40 Å². The molecule has 1 aromatic carbocycles. The van der Waals surface area contributed by atoms with Gasteiger partial charge >= 0.3 is 5.97 Å². The number of nitrogens with zero attached hydrogens (tertiary/aromatic N) is 2. The van der Waals surface area contributed by atoms with Crippen LogP contribution in [0.3, 0.4) is 0 Å². The monoisotopic (exact) mass is 312 g/mol. The Kier molecular flexibility index (Phi) is 3.89. The van der Waals surface area contributed by atoms with Gasteiger partial charge < -0.3 is 14.6 Å². The summed E-state index contributed by atoms with van der Waals surface area (Å²) >= 11 is 0. The van der Waals surface area contributed by atoms with Crippen LogP contribution in [0.1, 0.15) is 21.9 Å². The van der Waals surface area contributed by atoms with E-state index in [0.29, 0.717) is 17.1 Å². The molecule has 0 aliphatic heterocycles. The van der Waals surface area contributed by atoms with Gasteiger partial charge in [-0.15, -0.1) is 0 Å². The maximum absolute atomic E-state index is 11.3. The van der Waals surface area contributed by atoms with Gasteiger partial charge in [0.15, 0.2) is 11.5 Å². The van der Waals surface area contributed by atoms with Crippen LogP contribution in [0.5, 0.6) is 11.5 Å². The molecule has 0 aliphatic rings. The lowest BCUT2D eigenvalue weighted by atomic mass is 10.2. The van der Waals surface area contributed by atoms with Crippen molar-refractivity contribution in [3.05, 3.63) is 59.7 Å². The molecule has 6 heteroatoms. The summed E-state index contributed by atoms with van der Waals surface area (Å²) in [6.07, 6.45) is 1.85. The van der Waals surface area contributed by atoms with Crippen LogP contribution in [0.4, 0.5) is 0 Å². The molecule has 0 atom stereocenters. The van der Waals surface area contributed by atoms with Crippen LogP contribution in [-0.4, -0.2) is 27.6 Å². The van der Waals surface area contributed by atoms with Crippen LogP contribution in [0.2, 0.25) is 0 Å². The zero-order valence-electron chi connectivity index (χ0n) is 12.8. The van der Waals surface area contributed by atoms with E-state index in [2.05, 4.69) is 4.98 Å². The molecule has 0 radical (unpaired) electrons. The molecule has 0 bridgehead atoms. The van der Waals surface area contributed by atoms with Crippen LogP contribution in [-0.2, 0) is 6.61 Å². The lowest BCUT2D eigenvalue weighted by molar-refractivity contribution is 0.0693. The minimum absolute atomic E-state index is 0.0262. The minimum Gasteiger partial charge on any atom is -0.497 e. The van der Waals surface area contributed by atoms with Crippen LogP contribution in [0.25, 0.3) is 5.52 Å². The number of pyridine rings is 1. The first-order valence-corrected chi connectivity index (χ1v) is 7.06. The fraction of sp³-hybridized carbons (Fsp3) is 0.176. The Labute approximate surface area is 132 Å². The summed E-state index contributed by atoms with van der Waals surface area (Å²) in [4.78, 5) is 15.5. The van der Waals surface area contributed by atoms with Gasteiger partial charge in [0.05, 0.1) is 12.6 Å². The third-order valence-corrected chi connectivity index (χ3v) is 3.49. The van der Waals surface area contributed by atoms with Crippen molar-refractivity contribution < 1.29 is 19.4 Å². The summed E-state index contributed by atoms with van der Waals surface area (Å²) in [5.41, 5.74) is 1.59. The first kappa shape index (κ1) is 14.9. The Bertz CT molecular complexity index is 853. The highest BCUT2D eigenvalue weighted by Gasteiger charge is 2.16. The van der Waals surface area contributed by atoms with Crippen LogP contribution < -0.4 is 9.47 Å². The standard InChI is InChI=1S/C17H16N2O4/c1-11-3-8-14-16(17(20)21)18-15(19(14)9-11)10-23-13-6-4-12(22-2)5-7-13/h3-9H,10H2,1-2H3,(H,20,21). The van der Waals surface area contributed by atoms with E-state index in [4.69, 9.17) is 9.47 Å². The lowest BCUT2D eigenvalue weighted by Gasteiger charge is -2.07. The predicted octanol–water partition coefficient (Wildman–Crippen LogP) is 2.93. The van der Waals surface area contributed by atoms with Crippen molar-refractivity contribution >= 4 is 11.5 Å². The predicted molar refractivity (Wildman–Crippen MR) is 84.2 cm³/mol. The molecular formula is C17H16N2O4. The molecule has 3 aromatic rings. The van der Waals surface area contributed by atoms with Crippen molar-refractivity contribution in [1.82, 2.24) is 9.38 Å². The molecule has 1 N–H and O–H groups in total. The van der Waals surface area contributed by atoms with Crippen LogP contribution >= 0.6 is 0 Å². The summed E-state index contributed by atoms with van der Waals surface area (Å²) in [5, 5.41) is 9.28. The highest BCUT2D eigenvalue weighted by Crippen LogP contribution is 2.20. The number of carboxylic acid groups (broad SMARTS) is 1. The Morgan fingerprint density at radius 3 is 2.52 bits per heavy atom. The molecule has 23 heavy (non-hydrogen) atoms. The number of benzene rings is 1. The Hall–Kier alpha value is -3.02. The summed E-state index contributed by atoms with van der Waals surface area (Å²) in [5.74, 6) is 0.887. The number of carboxylic acids is 1. The quantitative estimate of drug-likeness (QED) is 0.784. The van der Waals surface area contributed by atoms with E-state index in [0.717, 1.165) is 11.3 Å². The third kappa shape index (κ3) is 2.96. The van der Waals surface area contributed by atoms with Gasteiger partial charge in [0.25, 0.3) is 0 Å². The van der Waals surface area contributed by atoms with Crippen LogP contribution in [0.15, 0.2) is 42.6 Å². The van der Waals surface area contributed by atoms with Crippen molar-refractivity contribution in [2.45, 2.75) is 13.5 Å². The minimum atomic E-state index is -1.05. The zero-order valence-corrected chi connectivity index (χ0v) is 12.8. The Morgan fingerprint density at radius 1 is 1.17 bits per heavy atom. The lowest BCUT2D eigenvalue weighted by Crippen LogP contribution is -2.02. The molecule has 0 fully saturated rings. The topological polar surface area (TPSA) is 73.1 Å². The van der Waals surface area contributed by atoms with Crippen LogP contribution in [0, 0.1) is 6.92 Å². The van der Waals surface area contributed by atoms with E-state index in [-0.39, 0.29) is 12.3 Å². The number of aromatic nitrogens is 2. The van der Waals surface area contributed by atoms with Gasteiger partial charge in [-0.25, -0.2) is 9.78 Å². The number of ether oxygens (including phenoxy) is 2. The molecule has 0 spiro atoms. The average Bonchev–Trinajstić information content (AvgIpc) is 2.91. The fourth-order valence-electron chi connectivity index (χ4n) is 2.33. The first-order valence-electron chi connectivity index (χ1n) is 7.06. The van der Waals surface area contributed by atoms with Crippen molar-refractivity contribution in [3.8, 4) is 11.5 Å². The molecule has 2 heterocycles. The van der Waals surface area contributed by atoms with E-state index < -0.39 is 5.97 Å². The summed E-state index contributed by atoms with van der Waals surface area (Å²) in [6, 6.07) is 10.8. The van der Waals surface area contributed by atoms with E-state index >= 15 is 0 Å². The summed E-state index contributed by atoms with van der Waals surface area (Å²) in [7, 11) is 1.60. The Balaban J connectivity index is 1.89. The second kappa shape index (κ2) is 6.00. The van der Waals surface area contributed by atoms with Crippen molar-refractivity contribution in [2.75, 3.05) is 7.11 Å². The molecular weight excluding hydrogens is 296 g/mol. The highest BCUT2D eigenvalue weighted by atomic mass is 16.5. The Morgan fingerprint density at radius 2 is 1.87 bits per heavy atom. The van der Waals surface area contributed by atoms with E-state index in [9.17, 15) is 9.90 Å². The number of imidazole rings is 1. The molecule has 0 saturated carbocycles. The number of carbonyl (C=O) groups is 1.